The van der Waals surface area contributed by atoms with Gasteiger partial charge in [-0.05, 0) is 11.8 Å². The molecule has 24 heavy (non-hydrogen) atoms. The number of ether oxygens (including phenoxy) is 1. The van der Waals surface area contributed by atoms with E-state index in [9.17, 15) is 4.79 Å². The first kappa shape index (κ1) is 17.4. The van der Waals surface area contributed by atoms with Crippen molar-refractivity contribution in [3.05, 3.63) is 12.2 Å². The van der Waals surface area contributed by atoms with Gasteiger partial charge in [-0.3, -0.25) is 9.69 Å². The average Bonchev–Trinajstić information content (AvgIpc) is 3.14. The molecule has 2 aliphatic rings. The van der Waals surface area contributed by atoms with Crippen molar-refractivity contribution < 1.29 is 9.53 Å². The summed E-state index contributed by atoms with van der Waals surface area (Å²) in [6, 6.07) is 0. The molecule has 2 atom stereocenters. The largest absolute Gasteiger partial charge is 0.378 e. The number of carbonyl (C=O) groups excluding carboxylic acids is 1. The van der Waals surface area contributed by atoms with Crippen LogP contribution < -0.4 is 0 Å². The van der Waals surface area contributed by atoms with Crippen molar-refractivity contribution in [1.29, 1.82) is 0 Å². The maximum atomic E-state index is 12.8. The maximum absolute atomic E-state index is 12.8. The molecule has 2 aliphatic heterocycles. The second-order valence-corrected chi connectivity index (χ2v) is 7.47. The highest BCUT2D eigenvalue weighted by Crippen LogP contribution is 2.26. The van der Waals surface area contributed by atoms with Gasteiger partial charge in [0.1, 0.15) is 12.2 Å². The third kappa shape index (κ3) is 3.95. The Labute approximate surface area is 144 Å². The molecule has 0 unspecified atom stereocenters. The minimum absolute atomic E-state index is 0.0876. The summed E-state index contributed by atoms with van der Waals surface area (Å²) in [4.78, 5) is 21.5. The number of likely N-dealkylation sites (tertiary alicyclic amines) is 1. The minimum atomic E-state index is 0.0876. The molecule has 1 aromatic heterocycles. The number of aromatic nitrogens is 3. The highest BCUT2D eigenvalue weighted by molar-refractivity contribution is 5.79. The Kier molecular flexibility index (Phi) is 5.50. The lowest BCUT2D eigenvalue weighted by atomic mass is 9.96. The van der Waals surface area contributed by atoms with Gasteiger partial charge < -0.3 is 9.64 Å². The first-order valence-corrected chi connectivity index (χ1v) is 9.00. The zero-order chi connectivity index (χ0) is 17.1. The molecule has 1 aromatic rings. The highest BCUT2D eigenvalue weighted by atomic mass is 16.5. The third-order valence-electron chi connectivity index (χ3n) is 4.93. The number of carbonyl (C=O) groups is 1. The van der Waals surface area contributed by atoms with Crippen LogP contribution in [0.3, 0.4) is 0 Å². The van der Waals surface area contributed by atoms with Crippen molar-refractivity contribution in [1.82, 2.24) is 24.6 Å². The fourth-order valence-electron chi connectivity index (χ4n) is 3.64. The number of hydrogen-bond acceptors (Lipinski definition) is 5. The van der Waals surface area contributed by atoms with E-state index >= 15 is 0 Å². The molecule has 7 heteroatoms. The molecule has 0 aromatic carbocycles. The number of morpholine rings is 1. The van der Waals surface area contributed by atoms with E-state index < -0.39 is 0 Å². The van der Waals surface area contributed by atoms with Crippen LogP contribution in [0.25, 0.3) is 0 Å². The van der Waals surface area contributed by atoms with Crippen molar-refractivity contribution in [3.8, 4) is 0 Å². The van der Waals surface area contributed by atoms with Crippen LogP contribution in [-0.2, 0) is 22.6 Å². The van der Waals surface area contributed by atoms with Crippen LogP contribution in [0, 0.1) is 17.8 Å². The molecular formula is C17H29N5O2. The van der Waals surface area contributed by atoms with Crippen molar-refractivity contribution in [2.24, 2.45) is 17.8 Å². The smallest absolute Gasteiger partial charge is 0.227 e. The number of rotatable bonds is 5. The van der Waals surface area contributed by atoms with E-state index in [2.05, 4.69) is 35.8 Å². The number of amides is 1. The van der Waals surface area contributed by atoms with Gasteiger partial charge in [-0.15, -0.1) is 0 Å². The first-order chi connectivity index (χ1) is 11.5. The standard InChI is InChI=1S/C17H29N5O2/c1-13(2)8-22-16(18-12-19-22)11-20-9-14(3)15(10-20)17(23)21-4-6-24-7-5-21/h12-15H,4-11H2,1-3H3/t14-,15-/m1/s1. The molecule has 7 nitrogen and oxygen atoms in total. The second-order valence-electron chi connectivity index (χ2n) is 7.47. The molecule has 2 saturated heterocycles. The van der Waals surface area contributed by atoms with E-state index in [1.807, 2.05) is 9.58 Å². The minimum Gasteiger partial charge on any atom is -0.378 e. The van der Waals surface area contributed by atoms with Gasteiger partial charge in [0.2, 0.25) is 5.91 Å². The molecule has 0 bridgehead atoms. The lowest BCUT2D eigenvalue weighted by Gasteiger charge is -2.30. The molecule has 0 spiro atoms. The van der Waals surface area contributed by atoms with E-state index in [1.54, 1.807) is 6.33 Å². The summed E-state index contributed by atoms with van der Waals surface area (Å²) in [6.45, 7) is 12.7. The summed E-state index contributed by atoms with van der Waals surface area (Å²) >= 11 is 0. The van der Waals surface area contributed by atoms with Crippen LogP contribution in [0.5, 0.6) is 0 Å². The lowest BCUT2D eigenvalue weighted by molar-refractivity contribution is -0.140. The molecule has 1 amide bonds. The van der Waals surface area contributed by atoms with Crippen LogP contribution in [0.2, 0.25) is 0 Å². The molecule has 3 heterocycles. The quantitative estimate of drug-likeness (QED) is 0.799. The SMILES string of the molecule is CC(C)Cn1ncnc1CN1C[C@@H](C)[C@H](C(=O)N2CCOCC2)C1. The molecule has 2 fully saturated rings. The molecular weight excluding hydrogens is 306 g/mol. The van der Waals surface area contributed by atoms with E-state index in [-0.39, 0.29) is 11.8 Å². The van der Waals surface area contributed by atoms with Gasteiger partial charge in [0.25, 0.3) is 0 Å². The van der Waals surface area contributed by atoms with Crippen LogP contribution in [0.1, 0.15) is 26.6 Å². The Hall–Kier alpha value is -1.47. The van der Waals surface area contributed by atoms with Gasteiger partial charge in [-0.1, -0.05) is 20.8 Å². The zero-order valence-corrected chi connectivity index (χ0v) is 15.0. The van der Waals surface area contributed by atoms with Crippen LogP contribution in [0.4, 0.5) is 0 Å². The summed E-state index contributed by atoms with van der Waals surface area (Å²) in [7, 11) is 0. The monoisotopic (exact) mass is 335 g/mol. The number of nitrogens with zero attached hydrogens (tertiary/aromatic N) is 5. The van der Waals surface area contributed by atoms with Gasteiger partial charge in [0.15, 0.2) is 0 Å². The molecule has 0 aliphatic carbocycles. The topological polar surface area (TPSA) is 63.5 Å². The summed E-state index contributed by atoms with van der Waals surface area (Å²) in [5.74, 6) is 2.29. The van der Waals surface area contributed by atoms with Gasteiger partial charge in [-0.25, -0.2) is 9.67 Å². The summed E-state index contributed by atoms with van der Waals surface area (Å²) < 4.78 is 7.35. The Bertz CT molecular complexity index is 553. The van der Waals surface area contributed by atoms with Crippen molar-refractivity contribution in [2.45, 2.75) is 33.9 Å². The Morgan fingerprint density at radius 3 is 2.79 bits per heavy atom. The van der Waals surface area contributed by atoms with Crippen molar-refractivity contribution in [2.75, 3.05) is 39.4 Å². The van der Waals surface area contributed by atoms with Gasteiger partial charge in [0, 0.05) is 32.7 Å². The van der Waals surface area contributed by atoms with E-state index in [4.69, 9.17) is 4.74 Å². The predicted octanol–water partition coefficient (Wildman–Crippen LogP) is 0.861. The van der Waals surface area contributed by atoms with Gasteiger partial charge in [-0.2, -0.15) is 5.10 Å². The normalized spacial score (nSPS) is 25.6. The molecule has 0 N–H and O–H groups in total. The van der Waals surface area contributed by atoms with Crippen LogP contribution in [0.15, 0.2) is 6.33 Å². The molecule has 134 valence electrons. The predicted molar refractivity (Wildman–Crippen MR) is 90.2 cm³/mol. The Balaban J connectivity index is 1.59. The summed E-state index contributed by atoms with van der Waals surface area (Å²) in [6.07, 6.45) is 1.63. The highest BCUT2D eigenvalue weighted by Gasteiger charge is 2.37. The summed E-state index contributed by atoms with van der Waals surface area (Å²) in [5, 5.41) is 4.33. The van der Waals surface area contributed by atoms with Crippen molar-refractivity contribution in [3.63, 3.8) is 0 Å². The maximum Gasteiger partial charge on any atom is 0.227 e. The molecule has 0 radical (unpaired) electrons. The van der Waals surface area contributed by atoms with E-state index in [0.717, 1.165) is 45.1 Å². The lowest BCUT2D eigenvalue weighted by Crippen LogP contribution is -2.45. The zero-order valence-electron chi connectivity index (χ0n) is 15.0. The van der Waals surface area contributed by atoms with Crippen molar-refractivity contribution >= 4 is 5.91 Å². The molecule has 3 rings (SSSR count). The Morgan fingerprint density at radius 1 is 1.33 bits per heavy atom. The van der Waals surface area contributed by atoms with Gasteiger partial charge in [0.05, 0.1) is 25.7 Å². The van der Waals surface area contributed by atoms with Crippen LogP contribution in [-0.4, -0.2) is 69.9 Å². The summed E-state index contributed by atoms with van der Waals surface area (Å²) in [5.41, 5.74) is 0. The van der Waals surface area contributed by atoms with Crippen LogP contribution >= 0.6 is 0 Å². The fraction of sp³-hybridized carbons (Fsp3) is 0.824. The first-order valence-electron chi connectivity index (χ1n) is 9.00. The molecule has 0 saturated carbocycles. The van der Waals surface area contributed by atoms with Gasteiger partial charge >= 0.3 is 0 Å². The number of hydrogen-bond donors (Lipinski definition) is 0. The fourth-order valence-corrected chi connectivity index (χ4v) is 3.64. The van der Waals surface area contributed by atoms with E-state index in [0.29, 0.717) is 25.0 Å². The second kappa shape index (κ2) is 7.61. The third-order valence-corrected chi connectivity index (χ3v) is 4.93. The van der Waals surface area contributed by atoms with E-state index in [1.165, 1.54) is 0 Å². The average molecular weight is 335 g/mol. The Morgan fingerprint density at radius 2 is 2.08 bits per heavy atom.